The van der Waals surface area contributed by atoms with Crippen molar-refractivity contribution < 1.29 is 4.79 Å². The SMILES string of the molecule is CCC(CC)(CNC(=O)CC(C)c1ccc(N)cc1)SC. The number of benzene rings is 1. The molecular weight excluding hydrogens is 280 g/mol. The third-order valence-corrected chi connectivity index (χ3v) is 5.91. The Kier molecular flexibility index (Phi) is 7.09. The lowest BCUT2D eigenvalue weighted by molar-refractivity contribution is -0.121. The second-order valence-corrected chi connectivity index (χ2v) is 6.92. The summed E-state index contributed by atoms with van der Waals surface area (Å²) in [7, 11) is 0. The number of carbonyl (C=O) groups excluding carboxylic acids is 1. The molecule has 0 heterocycles. The van der Waals surface area contributed by atoms with Crippen LogP contribution in [0, 0.1) is 0 Å². The normalized spacial score (nSPS) is 13.0. The van der Waals surface area contributed by atoms with E-state index in [1.165, 1.54) is 0 Å². The van der Waals surface area contributed by atoms with E-state index in [0.717, 1.165) is 30.6 Å². The lowest BCUT2D eigenvalue weighted by atomic mass is 9.97. The van der Waals surface area contributed by atoms with E-state index >= 15 is 0 Å². The molecule has 0 bridgehead atoms. The highest BCUT2D eigenvalue weighted by Crippen LogP contribution is 2.29. The number of nitrogens with two attached hydrogens (primary N) is 1. The maximum atomic E-state index is 12.1. The van der Waals surface area contributed by atoms with Crippen molar-refractivity contribution >= 4 is 23.4 Å². The highest BCUT2D eigenvalue weighted by molar-refractivity contribution is 8.00. The molecule has 0 aliphatic carbocycles. The van der Waals surface area contributed by atoms with Crippen LogP contribution in [0.15, 0.2) is 24.3 Å². The van der Waals surface area contributed by atoms with Gasteiger partial charge >= 0.3 is 0 Å². The fourth-order valence-corrected chi connectivity index (χ4v) is 3.21. The first-order valence-corrected chi connectivity index (χ1v) is 8.86. The number of nitrogens with one attached hydrogen (secondary N) is 1. The Labute approximate surface area is 133 Å². The summed E-state index contributed by atoms with van der Waals surface area (Å²) in [4.78, 5) is 12.1. The molecule has 21 heavy (non-hydrogen) atoms. The fraction of sp³-hybridized carbons (Fsp3) is 0.588. The van der Waals surface area contributed by atoms with Gasteiger partial charge in [-0.1, -0.05) is 32.9 Å². The Hall–Kier alpha value is -1.16. The van der Waals surface area contributed by atoms with E-state index in [2.05, 4.69) is 32.3 Å². The van der Waals surface area contributed by atoms with E-state index in [1.807, 2.05) is 36.0 Å². The van der Waals surface area contributed by atoms with Gasteiger partial charge in [0.15, 0.2) is 0 Å². The highest BCUT2D eigenvalue weighted by atomic mass is 32.2. The standard InChI is InChI=1S/C17H28N2OS/c1-5-17(6-2,21-4)12-19-16(20)11-13(3)14-7-9-15(18)10-8-14/h7-10,13H,5-6,11-12,18H2,1-4H3,(H,19,20). The van der Waals surface area contributed by atoms with Gasteiger partial charge in [-0.2, -0.15) is 11.8 Å². The summed E-state index contributed by atoms with van der Waals surface area (Å²) in [6.45, 7) is 7.19. The van der Waals surface area contributed by atoms with Gasteiger partial charge in [0.25, 0.3) is 0 Å². The molecule has 0 aliphatic heterocycles. The number of anilines is 1. The lowest BCUT2D eigenvalue weighted by Crippen LogP contribution is -2.39. The van der Waals surface area contributed by atoms with Gasteiger partial charge in [0.2, 0.25) is 5.91 Å². The number of thioether (sulfide) groups is 1. The van der Waals surface area contributed by atoms with Crippen LogP contribution in [0.25, 0.3) is 0 Å². The lowest BCUT2D eigenvalue weighted by Gasteiger charge is -2.30. The zero-order chi connectivity index (χ0) is 15.9. The molecule has 1 amide bonds. The Balaban J connectivity index is 2.51. The van der Waals surface area contributed by atoms with E-state index in [-0.39, 0.29) is 16.6 Å². The van der Waals surface area contributed by atoms with Crippen LogP contribution < -0.4 is 11.1 Å². The molecule has 0 radical (unpaired) electrons. The van der Waals surface area contributed by atoms with Crippen LogP contribution in [0.3, 0.4) is 0 Å². The molecule has 4 heteroatoms. The van der Waals surface area contributed by atoms with Crippen LogP contribution in [0.1, 0.15) is 51.5 Å². The summed E-state index contributed by atoms with van der Waals surface area (Å²) < 4.78 is 0.167. The number of hydrogen-bond donors (Lipinski definition) is 2. The number of amides is 1. The van der Waals surface area contributed by atoms with Crippen molar-refractivity contribution in [3.63, 3.8) is 0 Å². The molecule has 0 spiro atoms. The number of nitrogen functional groups attached to an aromatic ring is 1. The molecule has 0 saturated heterocycles. The van der Waals surface area contributed by atoms with Crippen LogP contribution in [0.4, 0.5) is 5.69 Å². The molecule has 1 aromatic carbocycles. The maximum absolute atomic E-state index is 12.1. The molecule has 0 aliphatic rings. The number of rotatable bonds is 8. The predicted molar refractivity (Wildman–Crippen MR) is 93.7 cm³/mol. The minimum Gasteiger partial charge on any atom is -0.399 e. The molecule has 0 fully saturated rings. The first-order chi connectivity index (χ1) is 9.96. The van der Waals surface area contributed by atoms with E-state index in [1.54, 1.807) is 0 Å². The molecule has 3 nitrogen and oxygen atoms in total. The van der Waals surface area contributed by atoms with Gasteiger partial charge in [0.1, 0.15) is 0 Å². The van der Waals surface area contributed by atoms with Crippen LogP contribution in [-0.4, -0.2) is 23.5 Å². The van der Waals surface area contributed by atoms with Gasteiger partial charge in [0.05, 0.1) is 0 Å². The quantitative estimate of drug-likeness (QED) is 0.718. The second-order valence-electron chi connectivity index (χ2n) is 5.64. The summed E-state index contributed by atoms with van der Waals surface area (Å²) >= 11 is 1.85. The summed E-state index contributed by atoms with van der Waals surface area (Å²) in [6.07, 6.45) is 4.77. The van der Waals surface area contributed by atoms with Crippen LogP contribution in [0.2, 0.25) is 0 Å². The van der Waals surface area contributed by atoms with Gasteiger partial charge in [-0.3, -0.25) is 4.79 Å². The van der Waals surface area contributed by atoms with Gasteiger partial charge in [-0.05, 0) is 42.7 Å². The maximum Gasteiger partial charge on any atom is 0.220 e. The van der Waals surface area contributed by atoms with Crippen molar-refractivity contribution in [2.45, 2.75) is 50.7 Å². The zero-order valence-electron chi connectivity index (χ0n) is 13.6. The van der Waals surface area contributed by atoms with E-state index in [0.29, 0.717) is 6.42 Å². The first kappa shape index (κ1) is 17.9. The van der Waals surface area contributed by atoms with Gasteiger partial charge < -0.3 is 11.1 Å². The molecule has 1 atom stereocenters. The fourth-order valence-electron chi connectivity index (χ4n) is 2.41. The zero-order valence-corrected chi connectivity index (χ0v) is 14.4. The molecule has 1 aromatic rings. The van der Waals surface area contributed by atoms with Crippen molar-refractivity contribution in [2.75, 3.05) is 18.5 Å². The van der Waals surface area contributed by atoms with Crippen molar-refractivity contribution in [1.82, 2.24) is 5.32 Å². The number of carbonyl (C=O) groups is 1. The van der Waals surface area contributed by atoms with Gasteiger partial charge in [-0.25, -0.2) is 0 Å². The Morgan fingerprint density at radius 2 is 1.86 bits per heavy atom. The predicted octanol–water partition coefficient (Wildman–Crippen LogP) is 3.80. The average Bonchev–Trinajstić information content (AvgIpc) is 2.50. The first-order valence-electron chi connectivity index (χ1n) is 7.63. The summed E-state index contributed by atoms with van der Waals surface area (Å²) in [5.41, 5.74) is 7.60. The van der Waals surface area contributed by atoms with Crippen molar-refractivity contribution in [3.05, 3.63) is 29.8 Å². The second kappa shape index (κ2) is 8.32. The van der Waals surface area contributed by atoms with Gasteiger partial charge in [0, 0.05) is 23.4 Å². The summed E-state index contributed by atoms with van der Waals surface area (Å²) in [5.74, 6) is 0.331. The number of hydrogen-bond acceptors (Lipinski definition) is 3. The molecular formula is C17H28N2OS. The average molecular weight is 308 g/mol. The van der Waals surface area contributed by atoms with Gasteiger partial charge in [-0.15, -0.1) is 0 Å². The largest absolute Gasteiger partial charge is 0.399 e. The molecule has 118 valence electrons. The topological polar surface area (TPSA) is 55.1 Å². The summed E-state index contributed by atoms with van der Waals surface area (Å²) in [5, 5.41) is 3.10. The van der Waals surface area contributed by atoms with E-state index < -0.39 is 0 Å². The summed E-state index contributed by atoms with van der Waals surface area (Å²) in [6, 6.07) is 7.77. The highest BCUT2D eigenvalue weighted by Gasteiger charge is 2.25. The molecule has 1 rings (SSSR count). The molecule has 0 saturated carbocycles. The van der Waals surface area contributed by atoms with Crippen LogP contribution in [0.5, 0.6) is 0 Å². The molecule has 0 aromatic heterocycles. The van der Waals surface area contributed by atoms with Crippen molar-refractivity contribution in [1.29, 1.82) is 0 Å². The van der Waals surface area contributed by atoms with Crippen LogP contribution >= 0.6 is 11.8 Å². The third kappa shape index (κ3) is 5.27. The molecule has 3 N–H and O–H groups in total. The molecule has 1 unspecified atom stereocenters. The monoisotopic (exact) mass is 308 g/mol. The van der Waals surface area contributed by atoms with Crippen LogP contribution in [-0.2, 0) is 4.79 Å². The Morgan fingerprint density at radius 1 is 1.29 bits per heavy atom. The Bertz CT molecular complexity index is 432. The minimum absolute atomic E-state index is 0.125. The third-order valence-electron chi connectivity index (χ3n) is 4.33. The van der Waals surface area contributed by atoms with E-state index in [9.17, 15) is 4.79 Å². The Morgan fingerprint density at radius 3 is 2.33 bits per heavy atom. The van der Waals surface area contributed by atoms with Crippen molar-refractivity contribution in [3.8, 4) is 0 Å². The minimum atomic E-state index is 0.125. The smallest absolute Gasteiger partial charge is 0.220 e. The van der Waals surface area contributed by atoms with E-state index in [4.69, 9.17) is 5.73 Å². The van der Waals surface area contributed by atoms with Crippen molar-refractivity contribution in [2.24, 2.45) is 0 Å².